The molecule has 6 nitrogen and oxygen atoms in total. The Bertz CT molecular complexity index is 1000. The van der Waals surface area contributed by atoms with Crippen LogP contribution in [0.4, 0.5) is 11.4 Å². The maximum Gasteiger partial charge on any atom is 0.338 e. The number of hydrogen-bond acceptors (Lipinski definition) is 5. The molecule has 1 amide bonds. The second kappa shape index (κ2) is 7.52. The number of ether oxygens (including phenoxy) is 1. The molecular weight excluding hydrogens is 354 g/mol. The van der Waals surface area contributed by atoms with Gasteiger partial charge in [-0.05, 0) is 49.4 Å². The number of aromatic nitrogens is 1. The highest BCUT2D eigenvalue weighted by molar-refractivity contribution is 6.12. The number of carbonyl (C=O) groups excluding carboxylic acids is 2. The minimum absolute atomic E-state index is 0.118. The smallest absolute Gasteiger partial charge is 0.338 e. The number of nitrogens with one attached hydrogen (secondary N) is 1. The van der Waals surface area contributed by atoms with Crippen LogP contribution in [0.3, 0.4) is 0 Å². The predicted molar refractivity (Wildman–Crippen MR) is 106 cm³/mol. The number of amides is 1. The van der Waals surface area contributed by atoms with Crippen molar-refractivity contribution in [3.63, 3.8) is 0 Å². The summed E-state index contributed by atoms with van der Waals surface area (Å²) in [6.45, 7) is 2.08. The van der Waals surface area contributed by atoms with E-state index in [1.165, 1.54) is 0 Å². The summed E-state index contributed by atoms with van der Waals surface area (Å²) in [7, 11) is 0. The third-order valence-electron chi connectivity index (χ3n) is 4.58. The average Bonchev–Trinajstić information content (AvgIpc) is 2.75. The summed E-state index contributed by atoms with van der Waals surface area (Å²) in [6.07, 6.45) is 3.02. The number of benzene rings is 2. The molecule has 28 heavy (non-hydrogen) atoms. The van der Waals surface area contributed by atoms with Crippen LogP contribution in [0.5, 0.6) is 0 Å². The number of carbonyl (C=O) groups is 2. The fourth-order valence-corrected chi connectivity index (χ4v) is 3.26. The first kappa shape index (κ1) is 17.7. The lowest BCUT2D eigenvalue weighted by molar-refractivity contribution is 0.0526. The van der Waals surface area contributed by atoms with E-state index in [1.54, 1.807) is 54.5 Å². The van der Waals surface area contributed by atoms with Crippen LogP contribution < -0.4 is 10.2 Å². The van der Waals surface area contributed by atoms with E-state index in [1.807, 2.05) is 30.3 Å². The molecule has 3 aromatic rings. The maximum absolute atomic E-state index is 13.3. The first-order chi connectivity index (χ1) is 13.7. The van der Waals surface area contributed by atoms with E-state index >= 15 is 0 Å². The predicted octanol–water partition coefficient (Wildman–Crippen LogP) is 4.03. The van der Waals surface area contributed by atoms with Gasteiger partial charge in [-0.25, -0.2) is 4.79 Å². The van der Waals surface area contributed by atoms with E-state index in [4.69, 9.17) is 4.74 Å². The molecule has 0 spiro atoms. The van der Waals surface area contributed by atoms with Crippen LogP contribution in [0.1, 0.15) is 39.4 Å². The second-order valence-electron chi connectivity index (χ2n) is 6.32. The Morgan fingerprint density at radius 1 is 1.11 bits per heavy atom. The van der Waals surface area contributed by atoms with Crippen LogP contribution in [0.15, 0.2) is 73.1 Å². The molecule has 2 aromatic carbocycles. The van der Waals surface area contributed by atoms with Crippen LogP contribution in [0.2, 0.25) is 0 Å². The van der Waals surface area contributed by atoms with E-state index in [0.717, 1.165) is 11.3 Å². The van der Waals surface area contributed by atoms with Crippen molar-refractivity contribution in [1.29, 1.82) is 0 Å². The Morgan fingerprint density at radius 3 is 2.61 bits per heavy atom. The van der Waals surface area contributed by atoms with E-state index in [0.29, 0.717) is 23.4 Å². The molecule has 0 fully saturated rings. The number of pyridine rings is 1. The van der Waals surface area contributed by atoms with E-state index in [-0.39, 0.29) is 11.9 Å². The molecule has 0 radical (unpaired) electrons. The first-order valence-electron chi connectivity index (χ1n) is 9.05. The van der Waals surface area contributed by atoms with Gasteiger partial charge in [0.15, 0.2) is 0 Å². The lowest BCUT2D eigenvalue weighted by Gasteiger charge is -2.38. The molecule has 1 aliphatic heterocycles. The van der Waals surface area contributed by atoms with Crippen molar-refractivity contribution < 1.29 is 14.3 Å². The van der Waals surface area contributed by atoms with Crippen molar-refractivity contribution in [1.82, 2.24) is 4.98 Å². The molecule has 4 rings (SSSR count). The second-order valence-corrected chi connectivity index (χ2v) is 6.32. The summed E-state index contributed by atoms with van der Waals surface area (Å²) in [4.78, 5) is 31.1. The standard InChI is InChI=1S/C22H19N3O3/c1-2-28-22(27)15-9-11-17(12-10-15)25-20(16-6-5-13-23-14-16)24-19-8-4-3-7-18(19)21(25)26/h3-14,20,24H,2H2,1H3/t20-/m1/s1. The normalized spacial score (nSPS) is 15.5. The van der Waals surface area contributed by atoms with E-state index < -0.39 is 6.17 Å². The number of nitrogens with zero attached hydrogens (tertiary/aromatic N) is 2. The number of esters is 1. The van der Waals surface area contributed by atoms with E-state index in [2.05, 4.69) is 10.3 Å². The number of anilines is 2. The van der Waals surface area contributed by atoms with E-state index in [9.17, 15) is 9.59 Å². The van der Waals surface area contributed by atoms with Gasteiger partial charge in [0, 0.05) is 29.3 Å². The van der Waals surface area contributed by atoms with Crippen molar-refractivity contribution in [2.24, 2.45) is 0 Å². The van der Waals surface area contributed by atoms with Gasteiger partial charge in [-0.1, -0.05) is 18.2 Å². The molecule has 0 aliphatic carbocycles. The summed E-state index contributed by atoms with van der Waals surface area (Å²) in [6, 6.07) is 18.0. The molecule has 1 aromatic heterocycles. The Kier molecular flexibility index (Phi) is 4.76. The summed E-state index contributed by atoms with van der Waals surface area (Å²) in [5, 5.41) is 3.42. The van der Waals surface area contributed by atoms with Gasteiger partial charge < -0.3 is 10.1 Å². The molecule has 1 N–H and O–H groups in total. The first-order valence-corrected chi connectivity index (χ1v) is 9.05. The Morgan fingerprint density at radius 2 is 1.89 bits per heavy atom. The monoisotopic (exact) mass is 373 g/mol. The molecular formula is C22H19N3O3. The van der Waals surface area contributed by atoms with Crippen LogP contribution in [0.25, 0.3) is 0 Å². The van der Waals surface area contributed by atoms with Crippen LogP contribution in [0, 0.1) is 0 Å². The molecule has 1 aliphatic rings. The van der Waals surface area contributed by atoms with Crippen LogP contribution >= 0.6 is 0 Å². The van der Waals surface area contributed by atoms with Gasteiger partial charge in [-0.2, -0.15) is 0 Å². The highest BCUT2D eigenvalue weighted by atomic mass is 16.5. The number of fused-ring (bicyclic) bond motifs is 1. The number of rotatable bonds is 4. The summed E-state index contributed by atoms with van der Waals surface area (Å²) in [5.41, 5.74) is 3.35. The summed E-state index contributed by atoms with van der Waals surface area (Å²) >= 11 is 0. The minimum atomic E-state index is -0.412. The number of para-hydroxylation sites is 1. The molecule has 0 unspecified atom stereocenters. The molecule has 1 atom stereocenters. The topological polar surface area (TPSA) is 71.5 Å². The van der Waals surface area contributed by atoms with Crippen molar-refractivity contribution in [2.45, 2.75) is 13.1 Å². The molecule has 140 valence electrons. The third-order valence-corrected chi connectivity index (χ3v) is 4.58. The average molecular weight is 373 g/mol. The highest BCUT2D eigenvalue weighted by Gasteiger charge is 2.34. The van der Waals surface area contributed by atoms with Gasteiger partial charge in [0.2, 0.25) is 0 Å². The van der Waals surface area contributed by atoms with Gasteiger partial charge in [-0.3, -0.25) is 14.7 Å². The van der Waals surface area contributed by atoms with Crippen molar-refractivity contribution in [2.75, 3.05) is 16.8 Å². The Balaban J connectivity index is 1.75. The highest BCUT2D eigenvalue weighted by Crippen LogP contribution is 2.36. The van der Waals surface area contributed by atoms with Gasteiger partial charge in [0.05, 0.1) is 17.7 Å². The fourth-order valence-electron chi connectivity index (χ4n) is 3.26. The number of hydrogen-bond donors (Lipinski definition) is 1. The lowest BCUT2D eigenvalue weighted by atomic mass is 10.0. The zero-order valence-corrected chi connectivity index (χ0v) is 15.3. The molecule has 0 saturated heterocycles. The fraction of sp³-hybridized carbons (Fsp3) is 0.136. The molecule has 0 saturated carbocycles. The largest absolute Gasteiger partial charge is 0.462 e. The van der Waals surface area contributed by atoms with Gasteiger partial charge in [0.25, 0.3) is 5.91 Å². The maximum atomic E-state index is 13.3. The molecule has 0 bridgehead atoms. The molecule has 2 heterocycles. The lowest BCUT2D eigenvalue weighted by Crippen LogP contribution is -2.43. The zero-order valence-electron chi connectivity index (χ0n) is 15.3. The third kappa shape index (κ3) is 3.20. The Labute approximate surface area is 162 Å². The van der Waals surface area contributed by atoms with Gasteiger partial charge >= 0.3 is 5.97 Å². The summed E-state index contributed by atoms with van der Waals surface area (Å²) in [5.74, 6) is -0.501. The summed E-state index contributed by atoms with van der Waals surface area (Å²) < 4.78 is 5.03. The van der Waals surface area contributed by atoms with Crippen molar-refractivity contribution in [3.8, 4) is 0 Å². The van der Waals surface area contributed by atoms with Crippen molar-refractivity contribution >= 4 is 23.3 Å². The zero-order chi connectivity index (χ0) is 19.5. The molecule has 6 heteroatoms. The Hall–Kier alpha value is -3.67. The van der Waals surface area contributed by atoms with Crippen molar-refractivity contribution in [3.05, 3.63) is 89.7 Å². The quantitative estimate of drug-likeness (QED) is 0.699. The van der Waals surface area contributed by atoms with Crippen LogP contribution in [-0.2, 0) is 4.74 Å². The minimum Gasteiger partial charge on any atom is -0.462 e. The van der Waals surface area contributed by atoms with Gasteiger partial charge in [0.1, 0.15) is 6.17 Å². The SMILES string of the molecule is CCOC(=O)c1ccc(N2C(=O)c3ccccc3N[C@H]2c2cccnc2)cc1. The van der Waals surface area contributed by atoms with Gasteiger partial charge in [-0.15, -0.1) is 0 Å². The van der Waals surface area contributed by atoms with Crippen LogP contribution in [-0.4, -0.2) is 23.5 Å².